The fraction of sp³-hybridized carbons (Fsp3) is 0.263. The van der Waals surface area contributed by atoms with E-state index < -0.39 is 12.3 Å². The van der Waals surface area contributed by atoms with Crippen LogP contribution in [0.2, 0.25) is 0 Å². The Morgan fingerprint density at radius 2 is 1.97 bits per heavy atom. The number of nitrogens with one attached hydrogen (secondary N) is 2. The number of H-pyrrole nitrogens is 1. The van der Waals surface area contributed by atoms with Crippen LogP contribution < -0.4 is 15.0 Å². The number of alkyl halides is 3. The first-order valence-electron chi connectivity index (χ1n) is 8.86. The van der Waals surface area contributed by atoms with Gasteiger partial charge in [0.25, 0.3) is 5.91 Å². The quantitative estimate of drug-likeness (QED) is 0.693. The van der Waals surface area contributed by atoms with Gasteiger partial charge in [0, 0.05) is 30.1 Å². The van der Waals surface area contributed by atoms with Crippen LogP contribution in [0.15, 0.2) is 42.6 Å². The predicted octanol–water partition coefficient (Wildman–Crippen LogP) is 3.55. The minimum Gasteiger partial charge on any atom is -0.406 e. The number of benzene rings is 1. The van der Waals surface area contributed by atoms with E-state index in [-0.39, 0.29) is 11.4 Å². The van der Waals surface area contributed by atoms with Crippen LogP contribution in [-0.4, -0.2) is 48.5 Å². The van der Waals surface area contributed by atoms with Gasteiger partial charge in [-0.15, -0.1) is 13.2 Å². The van der Waals surface area contributed by atoms with Crippen LogP contribution in [0.5, 0.6) is 5.75 Å². The third-order valence-corrected chi connectivity index (χ3v) is 4.44. The number of hydrogen-bond donors (Lipinski definition) is 2. The molecule has 0 unspecified atom stereocenters. The Morgan fingerprint density at radius 3 is 2.66 bits per heavy atom. The van der Waals surface area contributed by atoms with Gasteiger partial charge in [0.15, 0.2) is 0 Å². The Kier molecular flexibility index (Phi) is 5.01. The molecule has 10 heteroatoms. The lowest BCUT2D eigenvalue weighted by Gasteiger charge is -2.28. The second-order valence-electron chi connectivity index (χ2n) is 6.44. The Labute approximate surface area is 163 Å². The van der Waals surface area contributed by atoms with Gasteiger partial charge in [-0.25, -0.2) is 4.98 Å². The maximum atomic E-state index is 12.5. The van der Waals surface area contributed by atoms with Gasteiger partial charge in [0.2, 0.25) is 0 Å². The third kappa shape index (κ3) is 4.60. The van der Waals surface area contributed by atoms with Gasteiger partial charge in [0.1, 0.15) is 17.3 Å². The number of hydrogen-bond acceptors (Lipinski definition) is 5. The van der Waals surface area contributed by atoms with Gasteiger partial charge in [-0.05, 0) is 30.3 Å². The highest BCUT2D eigenvalue weighted by molar-refractivity contribution is 6.05. The predicted molar refractivity (Wildman–Crippen MR) is 100 cm³/mol. The summed E-state index contributed by atoms with van der Waals surface area (Å²) in [6.07, 6.45) is -3.10. The average molecular weight is 406 g/mol. The van der Waals surface area contributed by atoms with Crippen molar-refractivity contribution < 1.29 is 27.4 Å². The molecule has 1 amide bonds. The van der Waals surface area contributed by atoms with Crippen LogP contribution in [0, 0.1) is 0 Å². The number of ether oxygens (including phenoxy) is 2. The first kappa shape index (κ1) is 19.1. The van der Waals surface area contributed by atoms with Gasteiger partial charge in [-0.2, -0.15) is 0 Å². The van der Waals surface area contributed by atoms with E-state index in [4.69, 9.17) is 4.74 Å². The lowest BCUT2D eigenvalue weighted by atomic mass is 10.2. The minimum absolute atomic E-state index is 0.197. The highest BCUT2D eigenvalue weighted by Crippen LogP contribution is 2.27. The van der Waals surface area contributed by atoms with Crippen molar-refractivity contribution in [3.8, 4) is 5.75 Å². The van der Waals surface area contributed by atoms with Gasteiger partial charge < -0.3 is 24.7 Å². The highest BCUT2D eigenvalue weighted by atomic mass is 19.4. The Hall–Kier alpha value is -3.27. The van der Waals surface area contributed by atoms with E-state index in [1.165, 1.54) is 18.2 Å². The Bertz CT molecular complexity index is 1010. The molecular formula is C19H17F3N4O3. The zero-order valence-electron chi connectivity index (χ0n) is 15.1. The van der Waals surface area contributed by atoms with Crippen molar-refractivity contribution >= 4 is 28.3 Å². The molecule has 0 radical (unpaired) electrons. The molecule has 0 saturated carbocycles. The normalized spacial score (nSPS) is 14.8. The van der Waals surface area contributed by atoms with Crippen LogP contribution in [-0.2, 0) is 4.74 Å². The van der Waals surface area contributed by atoms with Crippen LogP contribution in [0.3, 0.4) is 0 Å². The van der Waals surface area contributed by atoms with Crippen molar-refractivity contribution in [2.24, 2.45) is 0 Å². The number of carbonyl (C=O) groups excluding carboxylic acids is 1. The highest BCUT2D eigenvalue weighted by Gasteiger charge is 2.31. The van der Waals surface area contributed by atoms with Crippen LogP contribution in [0.25, 0.3) is 10.9 Å². The van der Waals surface area contributed by atoms with E-state index in [1.807, 2.05) is 6.07 Å². The number of nitrogens with zero attached hydrogens (tertiary/aromatic N) is 2. The molecule has 1 fully saturated rings. The van der Waals surface area contributed by atoms with Crippen molar-refractivity contribution in [3.63, 3.8) is 0 Å². The van der Waals surface area contributed by atoms with Crippen molar-refractivity contribution in [1.29, 1.82) is 0 Å². The van der Waals surface area contributed by atoms with Gasteiger partial charge in [-0.1, -0.05) is 0 Å². The Morgan fingerprint density at radius 1 is 1.17 bits per heavy atom. The number of aromatic amines is 1. The molecule has 0 bridgehead atoms. The summed E-state index contributed by atoms with van der Waals surface area (Å²) in [5.41, 5.74) is 1.49. The topological polar surface area (TPSA) is 79.5 Å². The summed E-state index contributed by atoms with van der Waals surface area (Å²) in [7, 11) is 0. The molecule has 1 aliphatic rings. The standard InChI is InChI=1S/C19H17F3N4O3/c20-19(21,22)29-14-3-1-12-9-16(24-15(12)10-14)18(27)25-17-4-2-13(11-23-17)26-5-7-28-8-6-26/h1-4,9-11,24H,5-8H2,(H,23,25,27). The molecule has 152 valence electrons. The van der Waals surface area contributed by atoms with E-state index in [0.717, 1.165) is 18.8 Å². The number of morpholine rings is 1. The molecule has 0 spiro atoms. The zero-order valence-corrected chi connectivity index (χ0v) is 15.1. The fourth-order valence-corrected chi connectivity index (χ4v) is 3.08. The second-order valence-corrected chi connectivity index (χ2v) is 6.44. The first-order chi connectivity index (χ1) is 13.9. The average Bonchev–Trinajstić information content (AvgIpc) is 3.11. The zero-order chi connectivity index (χ0) is 20.4. The van der Waals surface area contributed by atoms with Crippen LogP contribution >= 0.6 is 0 Å². The molecule has 0 aliphatic carbocycles. The molecule has 1 saturated heterocycles. The molecule has 2 aromatic heterocycles. The SMILES string of the molecule is O=C(Nc1ccc(N2CCOCC2)cn1)c1cc2ccc(OC(F)(F)F)cc2[nH]1. The fourth-order valence-electron chi connectivity index (χ4n) is 3.08. The number of carbonyl (C=O) groups is 1. The van der Waals surface area contributed by atoms with Crippen LogP contribution in [0.1, 0.15) is 10.5 Å². The molecule has 1 aromatic carbocycles. The lowest BCUT2D eigenvalue weighted by molar-refractivity contribution is -0.274. The third-order valence-electron chi connectivity index (χ3n) is 4.44. The summed E-state index contributed by atoms with van der Waals surface area (Å²) in [4.78, 5) is 21.7. The molecule has 0 atom stereocenters. The molecule has 7 nitrogen and oxygen atoms in total. The summed E-state index contributed by atoms with van der Waals surface area (Å²) in [5, 5.41) is 3.25. The Balaban J connectivity index is 1.45. The molecule has 29 heavy (non-hydrogen) atoms. The van der Waals surface area contributed by atoms with Crippen molar-refractivity contribution in [2.75, 3.05) is 36.5 Å². The second kappa shape index (κ2) is 7.63. The summed E-state index contributed by atoms with van der Waals surface area (Å²) in [6.45, 7) is 2.88. The molecule has 4 rings (SSSR count). The molecule has 3 heterocycles. The van der Waals surface area contributed by atoms with Crippen molar-refractivity contribution in [1.82, 2.24) is 9.97 Å². The minimum atomic E-state index is -4.78. The first-order valence-corrected chi connectivity index (χ1v) is 8.86. The number of amides is 1. The van der Waals surface area contributed by atoms with Crippen molar-refractivity contribution in [2.45, 2.75) is 6.36 Å². The van der Waals surface area contributed by atoms with Crippen molar-refractivity contribution in [3.05, 3.63) is 48.3 Å². The summed E-state index contributed by atoms with van der Waals surface area (Å²) >= 11 is 0. The number of fused-ring (bicyclic) bond motifs is 1. The van der Waals surface area contributed by atoms with Gasteiger partial charge in [0.05, 0.1) is 25.1 Å². The van der Waals surface area contributed by atoms with E-state index in [1.54, 1.807) is 18.3 Å². The molecule has 2 N–H and O–H groups in total. The summed E-state index contributed by atoms with van der Waals surface area (Å²) < 4.78 is 46.3. The smallest absolute Gasteiger partial charge is 0.406 e. The van der Waals surface area contributed by atoms with E-state index in [0.29, 0.717) is 29.9 Å². The molecule has 3 aromatic rings. The van der Waals surface area contributed by atoms with Gasteiger partial charge in [-0.3, -0.25) is 4.79 Å². The number of pyridine rings is 1. The number of rotatable bonds is 4. The summed E-state index contributed by atoms with van der Waals surface area (Å²) in [6, 6.07) is 8.93. The van der Waals surface area contributed by atoms with Crippen LogP contribution in [0.4, 0.5) is 24.7 Å². The summed E-state index contributed by atoms with van der Waals surface area (Å²) in [5.74, 6) is -0.447. The monoisotopic (exact) mass is 406 g/mol. The maximum Gasteiger partial charge on any atom is 0.573 e. The number of anilines is 2. The number of aromatic nitrogens is 2. The lowest BCUT2D eigenvalue weighted by Crippen LogP contribution is -2.36. The van der Waals surface area contributed by atoms with E-state index >= 15 is 0 Å². The maximum absolute atomic E-state index is 12.5. The van der Waals surface area contributed by atoms with Gasteiger partial charge >= 0.3 is 6.36 Å². The number of halogens is 3. The molecular weight excluding hydrogens is 389 g/mol. The largest absolute Gasteiger partial charge is 0.573 e. The molecule has 1 aliphatic heterocycles. The van der Waals surface area contributed by atoms with E-state index in [2.05, 4.69) is 24.9 Å². The van der Waals surface area contributed by atoms with E-state index in [9.17, 15) is 18.0 Å².